The van der Waals surface area contributed by atoms with E-state index in [9.17, 15) is 9.59 Å². The molecule has 4 nitrogen and oxygen atoms in total. The fourth-order valence-corrected chi connectivity index (χ4v) is 2.95. The van der Waals surface area contributed by atoms with Crippen molar-refractivity contribution in [1.82, 2.24) is 0 Å². The van der Waals surface area contributed by atoms with Gasteiger partial charge in [0.15, 0.2) is 0 Å². The largest absolute Gasteiger partial charge is 0.478 e. The molecule has 0 aliphatic rings. The van der Waals surface area contributed by atoms with Gasteiger partial charge in [0.25, 0.3) is 5.91 Å². The number of halogens is 1. The molecule has 104 valence electrons. The summed E-state index contributed by atoms with van der Waals surface area (Å²) in [5.41, 5.74) is 1.62. The van der Waals surface area contributed by atoms with E-state index in [-0.39, 0.29) is 11.5 Å². The Kier molecular flexibility index (Phi) is 4.25. The predicted molar refractivity (Wildman–Crippen MR) is 82.8 cm³/mol. The summed E-state index contributed by atoms with van der Waals surface area (Å²) >= 11 is 4.62. The Balaban J connectivity index is 2.27. The van der Waals surface area contributed by atoms with E-state index in [1.807, 2.05) is 13.0 Å². The van der Waals surface area contributed by atoms with Gasteiger partial charge in [-0.1, -0.05) is 22.0 Å². The third-order valence-corrected chi connectivity index (χ3v) is 4.57. The van der Waals surface area contributed by atoms with E-state index in [0.717, 1.165) is 14.9 Å². The summed E-state index contributed by atoms with van der Waals surface area (Å²) in [5, 5.41) is 12.1. The zero-order valence-electron chi connectivity index (χ0n) is 10.9. The Morgan fingerprint density at radius 3 is 2.55 bits per heavy atom. The van der Waals surface area contributed by atoms with Crippen molar-refractivity contribution in [2.45, 2.75) is 13.8 Å². The van der Waals surface area contributed by atoms with Crippen LogP contribution in [0, 0.1) is 13.8 Å². The molecule has 0 aliphatic carbocycles. The molecule has 0 aliphatic heterocycles. The molecule has 6 heteroatoms. The predicted octanol–water partition coefficient (Wildman–Crippen LogP) is 4.08. The Labute approximate surface area is 128 Å². The molecule has 2 rings (SSSR count). The van der Waals surface area contributed by atoms with Crippen LogP contribution in [0.25, 0.3) is 0 Å². The second kappa shape index (κ2) is 5.76. The summed E-state index contributed by atoms with van der Waals surface area (Å²) in [7, 11) is 0. The molecule has 0 saturated carbocycles. The minimum absolute atomic E-state index is 0.118. The lowest BCUT2D eigenvalue weighted by molar-refractivity contribution is 0.0698. The average Bonchev–Trinajstić information content (AvgIpc) is 2.73. The standard InChI is InChI=1S/C14H12BrNO3S/c1-7-3-4-9(6-11(7)15)12(17)16-13-10(14(18)19)5-8(2)20-13/h3-6H,1-2H3,(H,16,17)(H,18,19). The van der Waals surface area contributed by atoms with E-state index in [1.54, 1.807) is 25.1 Å². The van der Waals surface area contributed by atoms with Crippen molar-refractivity contribution in [3.63, 3.8) is 0 Å². The van der Waals surface area contributed by atoms with Crippen molar-refractivity contribution in [3.8, 4) is 0 Å². The van der Waals surface area contributed by atoms with E-state index < -0.39 is 5.97 Å². The van der Waals surface area contributed by atoms with E-state index in [1.165, 1.54) is 11.3 Å². The van der Waals surface area contributed by atoms with Crippen molar-refractivity contribution in [2.75, 3.05) is 5.32 Å². The van der Waals surface area contributed by atoms with Gasteiger partial charge in [0, 0.05) is 14.9 Å². The van der Waals surface area contributed by atoms with E-state index >= 15 is 0 Å². The van der Waals surface area contributed by atoms with Gasteiger partial charge in [0.2, 0.25) is 0 Å². The number of hydrogen-bond acceptors (Lipinski definition) is 3. The molecule has 0 radical (unpaired) electrons. The Hall–Kier alpha value is -1.66. The lowest BCUT2D eigenvalue weighted by atomic mass is 10.1. The quantitative estimate of drug-likeness (QED) is 0.873. The molecule has 2 aromatic rings. The van der Waals surface area contributed by atoms with Crippen LogP contribution in [0.4, 0.5) is 5.00 Å². The van der Waals surface area contributed by atoms with Crippen molar-refractivity contribution >= 4 is 44.1 Å². The number of hydrogen-bond donors (Lipinski definition) is 2. The molecule has 2 N–H and O–H groups in total. The van der Waals surface area contributed by atoms with E-state index in [0.29, 0.717) is 10.6 Å². The molecule has 1 aromatic carbocycles. The van der Waals surface area contributed by atoms with Crippen LogP contribution in [0.3, 0.4) is 0 Å². The second-order valence-electron chi connectivity index (χ2n) is 4.32. The van der Waals surface area contributed by atoms with Crippen molar-refractivity contribution in [2.24, 2.45) is 0 Å². The number of thiophene rings is 1. The monoisotopic (exact) mass is 353 g/mol. The van der Waals surface area contributed by atoms with Crippen LogP contribution in [-0.2, 0) is 0 Å². The first-order chi connectivity index (χ1) is 9.38. The second-order valence-corrected chi connectivity index (χ2v) is 6.43. The molecule has 0 spiro atoms. The Bertz CT molecular complexity index is 694. The lowest BCUT2D eigenvalue weighted by Gasteiger charge is -2.06. The van der Waals surface area contributed by atoms with Crippen molar-refractivity contribution < 1.29 is 14.7 Å². The van der Waals surface area contributed by atoms with Gasteiger partial charge in [-0.05, 0) is 37.6 Å². The number of rotatable bonds is 3. The highest BCUT2D eigenvalue weighted by Gasteiger charge is 2.17. The average molecular weight is 354 g/mol. The number of nitrogens with one attached hydrogen (secondary N) is 1. The molecule has 20 heavy (non-hydrogen) atoms. The minimum Gasteiger partial charge on any atom is -0.478 e. The molecule has 0 unspecified atom stereocenters. The number of anilines is 1. The van der Waals surface area contributed by atoms with Gasteiger partial charge in [-0.2, -0.15) is 0 Å². The maximum atomic E-state index is 12.1. The molecule has 1 aromatic heterocycles. The first-order valence-electron chi connectivity index (χ1n) is 5.79. The normalized spacial score (nSPS) is 10.3. The number of carbonyl (C=O) groups excluding carboxylic acids is 1. The third-order valence-electron chi connectivity index (χ3n) is 2.75. The van der Waals surface area contributed by atoms with Gasteiger partial charge in [-0.3, -0.25) is 4.79 Å². The maximum absolute atomic E-state index is 12.1. The minimum atomic E-state index is -1.05. The summed E-state index contributed by atoms with van der Waals surface area (Å²) in [6, 6.07) is 6.80. The number of amides is 1. The summed E-state index contributed by atoms with van der Waals surface area (Å²) in [4.78, 5) is 24.1. The van der Waals surface area contributed by atoms with Crippen molar-refractivity contribution in [1.29, 1.82) is 0 Å². The molecule has 0 saturated heterocycles. The van der Waals surface area contributed by atoms with Crippen LogP contribution in [0.5, 0.6) is 0 Å². The van der Waals surface area contributed by atoms with Crippen LogP contribution in [-0.4, -0.2) is 17.0 Å². The van der Waals surface area contributed by atoms with Crippen LogP contribution < -0.4 is 5.32 Å². The van der Waals surface area contributed by atoms with Crippen LogP contribution in [0.2, 0.25) is 0 Å². The summed E-state index contributed by atoms with van der Waals surface area (Å²) < 4.78 is 0.839. The topological polar surface area (TPSA) is 66.4 Å². The fraction of sp³-hybridized carbons (Fsp3) is 0.143. The Morgan fingerprint density at radius 1 is 1.25 bits per heavy atom. The number of benzene rings is 1. The zero-order chi connectivity index (χ0) is 14.9. The molecule has 0 bridgehead atoms. The maximum Gasteiger partial charge on any atom is 0.338 e. The highest BCUT2D eigenvalue weighted by molar-refractivity contribution is 9.10. The summed E-state index contributed by atoms with van der Waals surface area (Å²) in [6.07, 6.45) is 0. The van der Waals surface area contributed by atoms with Crippen LogP contribution >= 0.6 is 27.3 Å². The molecular formula is C14H12BrNO3S. The van der Waals surface area contributed by atoms with Crippen LogP contribution in [0.1, 0.15) is 31.2 Å². The number of aryl methyl sites for hydroxylation is 2. The highest BCUT2D eigenvalue weighted by Crippen LogP contribution is 2.28. The number of carboxylic acid groups (broad SMARTS) is 1. The van der Waals surface area contributed by atoms with Gasteiger partial charge in [0.05, 0.1) is 5.56 Å². The number of carbonyl (C=O) groups is 2. The lowest BCUT2D eigenvalue weighted by Crippen LogP contribution is -2.13. The molecule has 1 heterocycles. The molecule has 1 amide bonds. The first kappa shape index (κ1) is 14.7. The van der Waals surface area contributed by atoms with Gasteiger partial charge in [-0.25, -0.2) is 4.79 Å². The Morgan fingerprint density at radius 2 is 1.95 bits per heavy atom. The van der Waals surface area contributed by atoms with Gasteiger partial charge in [-0.15, -0.1) is 11.3 Å². The third kappa shape index (κ3) is 3.08. The summed E-state index contributed by atoms with van der Waals surface area (Å²) in [6.45, 7) is 3.73. The van der Waals surface area contributed by atoms with Gasteiger partial charge in [0.1, 0.15) is 5.00 Å². The van der Waals surface area contributed by atoms with E-state index in [4.69, 9.17) is 5.11 Å². The number of aromatic carboxylic acids is 1. The molecular weight excluding hydrogens is 342 g/mol. The highest BCUT2D eigenvalue weighted by atomic mass is 79.9. The molecule has 0 fully saturated rings. The van der Waals surface area contributed by atoms with Gasteiger partial charge >= 0.3 is 5.97 Å². The fourth-order valence-electron chi connectivity index (χ4n) is 1.68. The summed E-state index contributed by atoms with van der Waals surface area (Å²) in [5.74, 6) is -1.37. The van der Waals surface area contributed by atoms with E-state index in [2.05, 4.69) is 21.2 Å². The number of carboxylic acids is 1. The smallest absolute Gasteiger partial charge is 0.338 e. The zero-order valence-corrected chi connectivity index (χ0v) is 13.3. The van der Waals surface area contributed by atoms with Gasteiger partial charge < -0.3 is 10.4 Å². The van der Waals surface area contributed by atoms with Crippen molar-refractivity contribution in [3.05, 3.63) is 50.3 Å². The SMILES string of the molecule is Cc1cc(C(=O)O)c(NC(=O)c2ccc(C)c(Br)c2)s1. The first-order valence-corrected chi connectivity index (χ1v) is 7.40. The molecule has 0 atom stereocenters. The van der Waals surface area contributed by atoms with Crippen LogP contribution in [0.15, 0.2) is 28.7 Å².